The van der Waals surface area contributed by atoms with Crippen molar-refractivity contribution in [2.75, 3.05) is 141 Å². The highest BCUT2D eigenvalue weighted by atomic mass is 32.2. The maximum atomic E-state index is 12.5. The van der Waals surface area contributed by atoms with Crippen LogP contribution in [0, 0.1) is 23.7 Å². The molecule has 110 heavy (non-hydrogen) atoms. The molecule has 636 valence electrons. The zero-order valence-electron chi connectivity index (χ0n) is 70.1. The van der Waals surface area contributed by atoms with Crippen LogP contribution in [0.2, 0.25) is 0 Å². The van der Waals surface area contributed by atoms with Crippen molar-refractivity contribution in [2.45, 2.75) is 317 Å². The van der Waals surface area contributed by atoms with Gasteiger partial charge in [0, 0.05) is 94.0 Å². The van der Waals surface area contributed by atoms with E-state index in [1.54, 1.807) is 11.9 Å². The second-order valence-corrected chi connectivity index (χ2v) is 42.7. The van der Waals surface area contributed by atoms with Gasteiger partial charge in [0.25, 0.3) is 0 Å². The summed E-state index contributed by atoms with van der Waals surface area (Å²) < 4.78 is 52.3. The Morgan fingerprint density at radius 1 is 0.327 bits per heavy atom. The molecular formula is C82H152N12O11S5. The summed E-state index contributed by atoms with van der Waals surface area (Å²) >= 11 is 6.17. The van der Waals surface area contributed by atoms with Gasteiger partial charge in [-0.15, -0.1) is 0 Å². The molecule has 0 aliphatic carbocycles. The van der Waals surface area contributed by atoms with E-state index in [0.717, 1.165) is 180 Å². The van der Waals surface area contributed by atoms with Crippen LogP contribution < -0.4 is 31.9 Å². The number of hydrogen-bond acceptors (Lipinski definition) is 20. The summed E-state index contributed by atoms with van der Waals surface area (Å²) in [5.74, 6) is 10.9. The average Bonchev–Trinajstić information content (AvgIpc) is 1.69. The number of amides is 6. The highest BCUT2D eigenvalue weighted by Crippen LogP contribution is 2.33. The molecule has 16 atom stereocenters. The number of likely N-dealkylation sites (N-methyl/N-ethyl adjacent to an activating group) is 6. The van der Waals surface area contributed by atoms with Gasteiger partial charge >= 0.3 is 0 Å². The number of sulfone groups is 2. The molecule has 0 spiro atoms. The van der Waals surface area contributed by atoms with Gasteiger partial charge in [-0.3, -0.25) is 28.8 Å². The Labute approximate surface area is 679 Å². The summed E-state index contributed by atoms with van der Waals surface area (Å²) in [6.07, 6.45) is 32.4. The van der Waals surface area contributed by atoms with E-state index in [0.29, 0.717) is 90.8 Å². The van der Waals surface area contributed by atoms with Crippen molar-refractivity contribution in [1.82, 2.24) is 61.3 Å². The third kappa shape index (κ3) is 29.5. The molecule has 0 saturated carbocycles. The van der Waals surface area contributed by atoms with Crippen molar-refractivity contribution < 1.29 is 50.3 Å². The second-order valence-electron chi connectivity index (χ2n) is 34.3. The van der Waals surface area contributed by atoms with Crippen LogP contribution in [0.1, 0.15) is 234 Å². The molecule has 6 amide bonds. The first-order valence-electron chi connectivity index (χ1n) is 43.4. The van der Waals surface area contributed by atoms with Gasteiger partial charge in [-0.2, -0.15) is 35.3 Å². The van der Waals surface area contributed by atoms with Crippen LogP contribution in [0.5, 0.6) is 0 Å². The minimum absolute atomic E-state index is 0.0230. The third-order valence-corrected chi connectivity index (χ3v) is 33.9. The summed E-state index contributed by atoms with van der Waals surface area (Å²) in [5.41, 5.74) is 0. The summed E-state index contributed by atoms with van der Waals surface area (Å²) in [4.78, 5) is 87.2. The van der Waals surface area contributed by atoms with Crippen LogP contribution in [-0.2, 0) is 53.2 Å². The van der Waals surface area contributed by atoms with Gasteiger partial charge in [-0.1, -0.05) is 6.42 Å². The quantitative estimate of drug-likeness (QED) is 0.0748. The second kappa shape index (κ2) is 49.0. The van der Waals surface area contributed by atoms with Crippen molar-refractivity contribution >= 4 is 90.4 Å². The zero-order valence-corrected chi connectivity index (χ0v) is 74.2. The molecule has 23 nitrogen and oxygen atoms in total. The van der Waals surface area contributed by atoms with Crippen LogP contribution in [0.15, 0.2) is 0 Å². The van der Waals surface area contributed by atoms with E-state index in [4.69, 9.17) is 4.74 Å². The normalized spacial score (nSPS) is 33.8. The fourth-order valence-electron chi connectivity index (χ4n) is 18.5. The molecule has 28 heteroatoms. The molecular weight excluding hydrogens is 1490 g/mol. The Kier molecular flexibility index (Phi) is 42.2. The van der Waals surface area contributed by atoms with Crippen molar-refractivity contribution in [3.05, 3.63) is 0 Å². The molecule has 0 bridgehead atoms. The van der Waals surface area contributed by atoms with Gasteiger partial charge in [0.1, 0.15) is 0 Å². The first kappa shape index (κ1) is 94.6. The first-order chi connectivity index (χ1) is 52.8. The van der Waals surface area contributed by atoms with Gasteiger partial charge in [-0.05, 0) is 322 Å². The van der Waals surface area contributed by atoms with Crippen molar-refractivity contribution in [1.29, 1.82) is 0 Å². The number of carbonyl (C=O) groups excluding carboxylic acids is 6. The Morgan fingerprint density at radius 2 is 0.691 bits per heavy atom. The standard InChI is InChI=1S/C14H26N2O2.3C14H26N2OS.2C13H24N2O3S/c1-11-4-3-5-13(15-2)14(17)16(11)10-12-6-8-18-9-7-12;1-11-5-3-7-13(15-2)14(17)16(11)9-12-6-4-8-18-10-12;1-11-6-5-8-13(15-2)14(17)16(11)10-12-7-3-4-9-18-12;1-11-4-3-5-13(15-2)14(17)16(11)10-12-6-8-18-9-7-12;1-10-5-3-7-12(14-2)13(16)15(10)9-11-6-4-8-19(11,17)18;1-10-4-3-5-12(14-2)13(16)15(10)8-11-6-7-19(17,18)9-11/h4*11-13,15H,3-10H2,1-2H3;2*10-12,14H,3-9H2,1-2H3. The topological polar surface area (TPSA) is 272 Å². The van der Waals surface area contributed by atoms with Crippen LogP contribution in [0.3, 0.4) is 0 Å². The molecule has 12 heterocycles. The van der Waals surface area contributed by atoms with Gasteiger partial charge in [-0.25, -0.2) is 16.8 Å². The molecule has 12 rings (SSSR count). The number of nitrogens with one attached hydrogen (secondary N) is 6. The van der Waals surface area contributed by atoms with E-state index in [-0.39, 0.29) is 88.6 Å². The Balaban J connectivity index is 0.000000184. The molecule has 0 aromatic heterocycles. The lowest BCUT2D eigenvalue weighted by Gasteiger charge is -2.34. The molecule has 12 fully saturated rings. The third-order valence-electron chi connectivity index (χ3n) is 26.1. The Morgan fingerprint density at radius 3 is 1.02 bits per heavy atom. The number of likely N-dealkylation sites (tertiary alicyclic amines) is 6. The fraction of sp³-hybridized carbons (Fsp3) is 0.927. The maximum absolute atomic E-state index is 12.5. The maximum Gasteiger partial charge on any atom is 0.239 e. The number of ether oxygens (including phenoxy) is 1. The van der Waals surface area contributed by atoms with Gasteiger partial charge in [0.05, 0.1) is 58.8 Å². The molecule has 0 radical (unpaired) electrons. The molecule has 12 aliphatic rings. The van der Waals surface area contributed by atoms with E-state index >= 15 is 0 Å². The highest BCUT2D eigenvalue weighted by Gasteiger charge is 2.41. The Bertz CT molecular complexity index is 2760. The monoisotopic (exact) mass is 1640 g/mol. The summed E-state index contributed by atoms with van der Waals surface area (Å²) in [5, 5.41) is 19.2. The van der Waals surface area contributed by atoms with Crippen LogP contribution >= 0.6 is 35.3 Å². The van der Waals surface area contributed by atoms with Crippen LogP contribution in [0.25, 0.3) is 0 Å². The minimum Gasteiger partial charge on any atom is -0.381 e. The van der Waals surface area contributed by atoms with E-state index in [1.807, 2.05) is 47.1 Å². The Hall–Kier alpha value is -2.51. The number of rotatable bonds is 18. The SMILES string of the molecule is CNC1CCCC(C)N(CC2CCCCS2)C1=O.CNC1CCCC(C)N(CC2CCCS2(=O)=O)C1=O.CNC1CCCC(C)N(CC2CCCSC2)C1=O.CNC1CCCC(C)N(CC2CCOCC2)C1=O.CNC1CCCC(C)N(CC2CCS(=O)(=O)C2)C1=O.CNC1CCCC(C)N(CC2CCSCC2)C1=O. The average molecular weight is 1640 g/mol. The summed E-state index contributed by atoms with van der Waals surface area (Å²) in [6, 6.07) is 1.90. The van der Waals surface area contributed by atoms with Crippen LogP contribution in [-0.4, -0.2) is 305 Å². The molecule has 6 N–H and O–H groups in total. The number of carbonyl (C=O) groups is 6. The smallest absolute Gasteiger partial charge is 0.239 e. The lowest BCUT2D eigenvalue weighted by molar-refractivity contribution is -0.136. The molecule has 12 saturated heterocycles. The lowest BCUT2D eigenvalue weighted by Crippen LogP contribution is -2.50. The minimum atomic E-state index is -2.98. The number of hydrogen-bond donors (Lipinski definition) is 6. The molecule has 0 aromatic rings. The largest absolute Gasteiger partial charge is 0.381 e. The lowest BCUT2D eigenvalue weighted by atomic mass is 9.98. The predicted molar refractivity (Wildman–Crippen MR) is 455 cm³/mol. The molecule has 0 aromatic carbocycles. The van der Waals surface area contributed by atoms with Gasteiger partial charge in [0.2, 0.25) is 35.4 Å². The molecule has 12 aliphatic heterocycles. The number of thioether (sulfide) groups is 3. The van der Waals surface area contributed by atoms with Crippen molar-refractivity contribution in [3.63, 3.8) is 0 Å². The first-order valence-corrected chi connectivity index (χ1v) is 50.3. The zero-order chi connectivity index (χ0) is 79.9. The highest BCUT2D eigenvalue weighted by molar-refractivity contribution is 8.00. The fourth-order valence-corrected chi connectivity index (χ4v) is 25.8. The van der Waals surface area contributed by atoms with E-state index in [1.165, 1.54) is 73.7 Å². The van der Waals surface area contributed by atoms with E-state index in [2.05, 4.69) is 121 Å². The van der Waals surface area contributed by atoms with E-state index in [9.17, 15) is 45.6 Å². The van der Waals surface area contributed by atoms with Crippen LogP contribution in [0.4, 0.5) is 0 Å². The van der Waals surface area contributed by atoms with Gasteiger partial charge in [0.15, 0.2) is 19.7 Å². The molecule has 16 unspecified atom stereocenters. The van der Waals surface area contributed by atoms with E-state index < -0.39 is 19.7 Å². The van der Waals surface area contributed by atoms with Crippen molar-refractivity contribution in [2.24, 2.45) is 23.7 Å². The van der Waals surface area contributed by atoms with Crippen molar-refractivity contribution in [3.8, 4) is 0 Å². The summed E-state index contributed by atoms with van der Waals surface area (Å²) in [6.45, 7) is 19.5. The number of nitrogens with zero attached hydrogens (tertiary/aromatic N) is 6. The predicted octanol–water partition coefficient (Wildman–Crippen LogP) is 8.86. The summed E-state index contributed by atoms with van der Waals surface area (Å²) in [7, 11) is 5.39. The van der Waals surface area contributed by atoms with Gasteiger partial charge < -0.3 is 66.0 Å².